The third-order valence-corrected chi connectivity index (χ3v) is 2.83. The fourth-order valence-electron chi connectivity index (χ4n) is 1.55. The lowest BCUT2D eigenvalue weighted by molar-refractivity contribution is -0.131. The molecule has 0 fully saturated rings. The molecule has 0 saturated carbocycles. The summed E-state index contributed by atoms with van der Waals surface area (Å²) in [4.78, 5) is 26.3. The fourth-order valence-corrected chi connectivity index (χ4v) is 1.55. The Morgan fingerprint density at radius 2 is 1.81 bits per heavy atom. The summed E-state index contributed by atoms with van der Waals surface area (Å²) in [7, 11) is 5.14. The fraction of sp³-hybridized carbons (Fsp3) is 0.467. The predicted molar refractivity (Wildman–Crippen MR) is 81.1 cm³/mol. The summed E-state index contributed by atoms with van der Waals surface area (Å²) in [5.74, 6) is 0.512. The normalized spacial score (nSPS) is 10.3. The van der Waals surface area contributed by atoms with Gasteiger partial charge in [-0.2, -0.15) is 0 Å². The van der Waals surface area contributed by atoms with E-state index in [1.54, 1.807) is 14.1 Å². The smallest absolute Gasteiger partial charge is 0.241 e. The number of benzene rings is 1. The minimum atomic E-state index is -0.174. The van der Waals surface area contributed by atoms with Crippen LogP contribution in [0.25, 0.3) is 0 Å². The molecule has 0 aliphatic rings. The molecule has 1 aromatic carbocycles. The van der Waals surface area contributed by atoms with E-state index in [4.69, 9.17) is 4.74 Å². The molecular weight excluding hydrogens is 270 g/mol. The molecule has 6 heteroatoms. The lowest BCUT2D eigenvalue weighted by Crippen LogP contribution is -2.41. The number of likely N-dealkylation sites (N-methyl/N-ethyl adjacent to an activating group) is 2. The van der Waals surface area contributed by atoms with E-state index in [0.717, 1.165) is 5.75 Å². The van der Waals surface area contributed by atoms with Crippen LogP contribution in [-0.2, 0) is 9.59 Å². The third kappa shape index (κ3) is 7.31. The van der Waals surface area contributed by atoms with Crippen molar-refractivity contribution in [1.29, 1.82) is 0 Å². The summed E-state index contributed by atoms with van der Waals surface area (Å²) < 4.78 is 5.55. The van der Waals surface area contributed by atoms with Crippen molar-refractivity contribution in [3.05, 3.63) is 30.3 Å². The van der Waals surface area contributed by atoms with Crippen molar-refractivity contribution in [3.63, 3.8) is 0 Å². The summed E-state index contributed by atoms with van der Waals surface area (Å²) in [6, 6.07) is 9.53. The van der Waals surface area contributed by atoms with Gasteiger partial charge in [0, 0.05) is 20.6 Å². The van der Waals surface area contributed by atoms with Gasteiger partial charge in [-0.25, -0.2) is 0 Å². The highest BCUT2D eigenvalue weighted by atomic mass is 16.5. The maximum Gasteiger partial charge on any atom is 0.241 e. The summed E-state index contributed by atoms with van der Waals surface area (Å²) >= 11 is 0. The topological polar surface area (TPSA) is 61.9 Å². The van der Waals surface area contributed by atoms with Gasteiger partial charge in [0.1, 0.15) is 12.4 Å². The maximum atomic E-state index is 11.6. The van der Waals surface area contributed by atoms with Gasteiger partial charge in [0.15, 0.2) is 0 Å². The van der Waals surface area contributed by atoms with Crippen LogP contribution in [-0.4, -0.2) is 69.0 Å². The number of para-hydroxylation sites is 1. The number of carbonyl (C=O) groups is 2. The van der Waals surface area contributed by atoms with Gasteiger partial charge in [-0.1, -0.05) is 18.2 Å². The molecule has 0 atom stereocenters. The van der Waals surface area contributed by atoms with Crippen LogP contribution in [0.3, 0.4) is 0 Å². The molecule has 0 unspecified atom stereocenters. The first-order valence-corrected chi connectivity index (χ1v) is 6.82. The Kier molecular flexibility index (Phi) is 7.25. The molecule has 116 valence electrons. The van der Waals surface area contributed by atoms with Crippen molar-refractivity contribution in [2.24, 2.45) is 0 Å². The van der Waals surface area contributed by atoms with E-state index in [-0.39, 0.29) is 24.9 Å². The van der Waals surface area contributed by atoms with Gasteiger partial charge in [0.2, 0.25) is 11.8 Å². The molecule has 0 aromatic heterocycles. The van der Waals surface area contributed by atoms with Crippen LogP contribution in [0.4, 0.5) is 0 Å². The van der Waals surface area contributed by atoms with E-state index in [1.807, 2.05) is 42.3 Å². The van der Waals surface area contributed by atoms with Gasteiger partial charge >= 0.3 is 0 Å². The lowest BCUT2D eigenvalue weighted by Gasteiger charge is -2.17. The minimum absolute atomic E-state index is 0.0280. The average Bonchev–Trinajstić information content (AvgIpc) is 2.45. The summed E-state index contributed by atoms with van der Waals surface area (Å²) in [5, 5.41) is 2.59. The van der Waals surface area contributed by atoms with Crippen LogP contribution in [0, 0.1) is 0 Å². The Balaban J connectivity index is 2.16. The Morgan fingerprint density at radius 1 is 1.14 bits per heavy atom. The number of rotatable bonds is 8. The SMILES string of the molecule is CN(CCOc1ccccc1)CC(=O)NCC(=O)N(C)C. The van der Waals surface area contributed by atoms with Gasteiger partial charge in [0.05, 0.1) is 13.1 Å². The maximum absolute atomic E-state index is 11.6. The van der Waals surface area contributed by atoms with Crippen LogP contribution < -0.4 is 10.1 Å². The number of carbonyl (C=O) groups excluding carboxylic acids is 2. The number of ether oxygens (including phenoxy) is 1. The van der Waals surface area contributed by atoms with Crippen molar-refractivity contribution >= 4 is 11.8 Å². The van der Waals surface area contributed by atoms with Crippen LogP contribution in [0.1, 0.15) is 0 Å². The zero-order valence-corrected chi connectivity index (χ0v) is 12.8. The van der Waals surface area contributed by atoms with Gasteiger partial charge in [0.25, 0.3) is 0 Å². The van der Waals surface area contributed by atoms with Crippen LogP contribution >= 0.6 is 0 Å². The third-order valence-electron chi connectivity index (χ3n) is 2.83. The van der Waals surface area contributed by atoms with E-state index in [0.29, 0.717) is 13.2 Å². The molecule has 0 radical (unpaired) electrons. The highest BCUT2D eigenvalue weighted by Gasteiger charge is 2.09. The highest BCUT2D eigenvalue weighted by Crippen LogP contribution is 2.07. The van der Waals surface area contributed by atoms with Gasteiger partial charge in [-0.05, 0) is 19.2 Å². The molecule has 0 spiro atoms. The molecule has 1 N–H and O–H groups in total. The second-order valence-electron chi connectivity index (χ2n) is 4.96. The monoisotopic (exact) mass is 293 g/mol. The number of hydrogen-bond donors (Lipinski definition) is 1. The predicted octanol–water partition coefficient (Wildman–Crippen LogP) is 0.202. The van der Waals surface area contributed by atoms with E-state index < -0.39 is 0 Å². The first-order valence-electron chi connectivity index (χ1n) is 6.82. The van der Waals surface area contributed by atoms with Gasteiger partial charge < -0.3 is 15.0 Å². The molecule has 21 heavy (non-hydrogen) atoms. The molecule has 0 saturated heterocycles. The number of hydrogen-bond acceptors (Lipinski definition) is 4. The van der Waals surface area contributed by atoms with E-state index in [2.05, 4.69) is 5.32 Å². The van der Waals surface area contributed by atoms with Gasteiger partial charge in [-0.15, -0.1) is 0 Å². The van der Waals surface area contributed by atoms with E-state index in [9.17, 15) is 9.59 Å². The first kappa shape index (κ1) is 17.0. The van der Waals surface area contributed by atoms with Crippen LogP contribution in [0.15, 0.2) is 30.3 Å². The molecule has 0 bridgehead atoms. The molecular formula is C15H23N3O3. The van der Waals surface area contributed by atoms with Crippen molar-refractivity contribution in [1.82, 2.24) is 15.1 Å². The summed E-state index contributed by atoms with van der Waals surface area (Å²) in [6.45, 7) is 1.40. The number of amides is 2. The molecule has 2 amide bonds. The number of nitrogens with zero attached hydrogens (tertiary/aromatic N) is 2. The molecule has 0 aliphatic carbocycles. The van der Waals surface area contributed by atoms with E-state index >= 15 is 0 Å². The van der Waals surface area contributed by atoms with Crippen LogP contribution in [0.2, 0.25) is 0 Å². The van der Waals surface area contributed by atoms with E-state index in [1.165, 1.54) is 4.90 Å². The molecule has 1 aromatic rings. The van der Waals surface area contributed by atoms with Gasteiger partial charge in [-0.3, -0.25) is 14.5 Å². The second-order valence-corrected chi connectivity index (χ2v) is 4.96. The minimum Gasteiger partial charge on any atom is -0.492 e. The average molecular weight is 293 g/mol. The molecule has 1 rings (SSSR count). The Morgan fingerprint density at radius 3 is 2.43 bits per heavy atom. The van der Waals surface area contributed by atoms with Crippen molar-refractivity contribution < 1.29 is 14.3 Å². The molecule has 6 nitrogen and oxygen atoms in total. The quantitative estimate of drug-likeness (QED) is 0.744. The number of nitrogens with one attached hydrogen (secondary N) is 1. The van der Waals surface area contributed by atoms with Crippen molar-refractivity contribution in [2.75, 3.05) is 47.4 Å². The molecule has 0 heterocycles. The second kappa shape index (κ2) is 8.97. The summed E-state index contributed by atoms with van der Waals surface area (Å²) in [5.41, 5.74) is 0. The Bertz CT molecular complexity index is 449. The zero-order valence-electron chi connectivity index (χ0n) is 12.8. The van der Waals surface area contributed by atoms with Crippen molar-refractivity contribution in [3.8, 4) is 5.75 Å². The van der Waals surface area contributed by atoms with Crippen molar-refractivity contribution in [2.45, 2.75) is 0 Å². The highest BCUT2D eigenvalue weighted by molar-refractivity contribution is 5.85. The Labute approximate surface area is 125 Å². The zero-order chi connectivity index (χ0) is 15.7. The van der Waals surface area contributed by atoms with Crippen LogP contribution in [0.5, 0.6) is 5.75 Å². The standard InChI is InChI=1S/C15H23N3O3/c1-17(2)15(20)11-16-14(19)12-18(3)9-10-21-13-7-5-4-6-8-13/h4-8H,9-12H2,1-3H3,(H,16,19). The molecule has 0 aliphatic heterocycles. The Hall–Kier alpha value is -2.08. The lowest BCUT2D eigenvalue weighted by atomic mass is 10.3. The first-order chi connectivity index (χ1) is 9.99. The summed E-state index contributed by atoms with van der Waals surface area (Å²) in [6.07, 6.45) is 0. The largest absolute Gasteiger partial charge is 0.492 e.